The van der Waals surface area contributed by atoms with Crippen molar-refractivity contribution in [3.63, 3.8) is 0 Å². The van der Waals surface area contributed by atoms with E-state index in [0.717, 1.165) is 30.9 Å². The molecule has 0 saturated carbocycles. The van der Waals surface area contributed by atoms with E-state index in [1.54, 1.807) is 12.1 Å². The number of amides is 2. The van der Waals surface area contributed by atoms with Crippen LogP contribution >= 0.6 is 0 Å². The van der Waals surface area contributed by atoms with Crippen molar-refractivity contribution in [1.29, 1.82) is 0 Å². The standard InChI is InChI=1S/C20H23F2N3O2/c1-4-24(5-2)16-7-9-17(10-8-16)25(14(3)26)13-20(27)23-19-11-6-15(21)12-18(19)22/h6-12H,4-5,13H2,1-3H3,(H,23,27). The molecule has 0 atom stereocenters. The summed E-state index contributed by atoms with van der Waals surface area (Å²) in [6.07, 6.45) is 0. The highest BCUT2D eigenvalue weighted by atomic mass is 19.1. The molecule has 0 radical (unpaired) electrons. The average Bonchev–Trinajstić information content (AvgIpc) is 2.63. The first-order valence-corrected chi connectivity index (χ1v) is 8.73. The van der Waals surface area contributed by atoms with Crippen molar-refractivity contribution in [3.8, 4) is 0 Å². The van der Waals surface area contributed by atoms with Crippen molar-refractivity contribution in [1.82, 2.24) is 0 Å². The van der Waals surface area contributed by atoms with Crippen molar-refractivity contribution in [2.24, 2.45) is 0 Å². The zero-order valence-electron chi connectivity index (χ0n) is 15.6. The number of nitrogens with one attached hydrogen (secondary N) is 1. The Hall–Kier alpha value is -2.96. The molecule has 0 heterocycles. The Morgan fingerprint density at radius 1 is 0.963 bits per heavy atom. The lowest BCUT2D eigenvalue weighted by atomic mass is 10.2. The summed E-state index contributed by atoms with van der Waals surface area (Å²) in [5.41, 5.74) is 1.44. The van der Waals surface area contributed by atoms with Crippen LogP contribution in [-0.4, -0.2) is 31.4 Å². The largest absolute Gasteiger partial charge is 0.372 e. The van der Waals surface area contributed by atoms with Gasteiger partial charge in [-0.2, -0.15) is 0 Å². The first kappa shape index (κ1) is 20.4. The van der Waals surface area contributed by atoms with Gasteiger partial charge in [0.25, 0.3) is 0 Å². The molecule has 2 amide bonds. The Bertz CT molecular complexity index is 805. The van der Waals surface area contributed by atoms with Gasteiger partial charge in [0.05, 0.1) is 5.69 Å². The molecule has 0 fully saturated rings. The number of rotatable bonds is 7. The Kier molecular flexibility index (Phi) is 6.87. The molecule has 0 bridgehead atoms. The van der Waals surface area contributed by atoms with Crippen LogP contribution in [0.5, 0.6) is 0 Å². The molecule has 2 rings (SSSR count). The average molecular weight is 375 g/mol. The van der Waals surface area contributed by atoms with Crippen LogP contribution in [0, 0.1) is 11.6 Å². The van der Waals surface area contributed by atoms with E-state index in [0.29, 0.717) is 11.8 Å². The maximum Gasteiger partial charge on any atom is 0.244 e. The molecule has 2 aromatic rings. The second-order valence-electron chi connectivity index (χ2n) is 5.97. The van der Waals surface area contributed by atoms with Crippen LogP contribution in [0.15, 0.2) is 42.5 Å². The highest BCUT2D eigenvalue weighted by Crippen LogP contribution is 2.21. The van der Waals surface area contributed by atoms with Gasteiger partial charge < -0.3 is 15.1 Å². The number of halogens is 2. The zero-order valence-corrected chi connectivity index (χ0v) is 15.6. The van der Waals surface area contributed by atoms with Crippen molar-refractivity contribution in [2.45, 2.75) is 20.8 Å². The van der Waals surface area contributed by atoms with Crippen molar-refractivity contribution >= 4 is 28.9 Å². The van der Waals surface area contributed by atoms with Gasteiger partial charge in [0, 0.05) is 37.5 Å². The number of carbonyl (C=O) groups excluding carboxylic acids is 2. The maximum atomic E-state index is 13.7. The van der Waals surface area contributed by atoms with Gasteiger partial charge in [-0.05, 0) is 50.2 Å². The molecule has 1 N–H and O–H groups in total. The summed E-state index contributed by atoms with van der Waals surface area (Å²) >= 11 is 0. The highest BCUT2D eigenvalue weighted by Gasteiger charge is 2.17. The van der Waals surface area contributed by atoms with Crippen LogP contribution in [0.1, 0.15) is 20.8 Å². The summed E-state index contributed by atoms with van der Waals surface area (Å²) in [7, 11) is 0. The van der Waals surface area contributed by atoms with E-state index in [-0.39, 0.29) is 18.1 Å². The molecular weight excluding hydrogens is 352 g/mol. The van der Waals surface area contributed by atoms with E-state index in [2.05, 4.69) is 24.1 Å². The van der Waals surface area contributed by atoms with Gasteiger partial charge in [-0.3, -0.25) is 9.59 Å². The fourth-order valence-corrected chi connectivity index (χ4v) is 2.74. The molecule has 0 aliphatic carbocycles. The van der Waals surface area contributed by atoms with Crippen LogP contribution in [0.4, 0.5) is 25.8 Å². The van der Waals surface area contributed by atoms with Gasteiger partial charge in [-0.15, -0.1) is 0 Å². The summed E-state index contributed by atoms with van der Waals surface area (Å²) < 4.78 is 26.6. The Balaban J connectivity index is 2.13. The minimum Gasteiger partial charge on any atom is -0.372 e. The van der Waals surface area contributed by atoms with Crippen LogP contribution in [-0.2, 0) is 9.59 Å². The Labute approximate surface area is 157 Å². The molecule has 5 nitrogen and oxygen atoms in total. The first-order valence-electron chi connectivity index (χ1n) is 8.73. The highest BCUT2D eigenvalue weighted by molar-refractivity contribution is 6.01. The lowest BCUT2D eigenvalue weighted by Crippen LogP contribution is -2.36. The number of anilines is 3. The van der Waals surface area contributed by atoms with Crippen molar-refractivity contribution in [2.75, 3.05) is 34.8 Å². The van der Waals surface area contributed by atoms with Crippen LogP contribution < -0.4 is 15.1 Å². The fraction of sp³-hybridized carbons (Fsp3) is 0.300. The molecule has 0 spiro atoms. The number of nitrogens with zero attached hydrogens (tertiary/aromatic N) is 2. The van der Waals surface area contributed by atoms with E-state index in [9.17, 15) is 18.4 Å². The van der Waals surface area contributed by atoms with E-state index in [1.807, 2.05) is 12.1 Å². The molecular formula is C20H23F2N3O2. The lowest BCUT2D eigenvalue weighted by molar-refractivity contribution is -0.120. The van der Waals surface area contributed by atoms with Gasteiger partial charge in [-0.25, -0.2) is 8.78 Å². The third kappa shape index (κ3) is 5.26. The van der Waals surface area contributed by atoms with Crippen molar-refractivity contribution < 1.29 is 18.4 Å². The van der Waals surface area contributed by atoms with Gasteiger partial charge in [0.1, 0.15) is 18.2 Å². The molecule has 27 heavy (non-hydrogen) atoms. The van der Waals surface area contributed by atoms with Gasteiger partial charge in [0.2, 0.25) is 11.8 Å². The maximum absolute atomic E-state index is 13.7. The smallest absolute Gasteiger partial charge is 0.244 e. The molecule has 144 valence electrons. The number of hydrogen-bond donors (Lipinski definition) is 1. The topological polar surface area (TPSA) is 52.6 Å². The SMILES string of the molecule is CCN(CC)c1ccc(N(CC(=O)Nc2ccc(F)cc2F)C(C)=O)cc1. The lowest BCUT2D eigenvalue weighted by Gasteiger charge is -2.24. The van der Waals surface area contributed by atoms with Crippen LogP contribution in [0.3, 0.4) is 0 Å². The zero-order chi connectivity index (χ0) is 20.0. The summed E-state index contributed by atoms with van der Waals surface area (Å²) in [5, 5.41) is 2.36. The number of hydrogen-bond acceptors (Lipinski definition) is 3. The Morgan fingerprint density at radius 3 is 2.07 bits per heavy atom. The predicted octanol–water partition coefficient (Wildman–Crippen LogP) is 3.80. The predicted molar refractivity (Wildman–Crippen MR) is 103 cm³/mol. The fourth-order valence-electron chi connectivity index (χ4n) is 2.74. The molecule has 0 aliphatic rings. The molecule has 2 aromatic carbocycles. The molecule has 0 unspecified atom stereocenters. The van der Waals surface area contributed by atoms with Gasteiger partial charge in [-0.1, -0.05) is 0 Å². The minimum atomic E-state index is -0.874. The van der Waals surface area contributed by atoms with Gasteiger partial charge in [0.15, 0.2) is 0 Å². The van der Waals surface area contributed by atoms with Gasteiger partial charge >= 0.3 is 0 Å². The molecule has 0 aromatic heterocycles. The summed E-state index contributed by atoms with van der Waals surface area (Å²) in [5.74, 6) is -2.51. The third-order valence-corrected chi connectivity index (χ3v) is 4.18. The van der Waals surface area contributed by atoms with Crippen molar-refractivity contribution in [3.05, 3.63) is 54.1 Å². The van der Waals surface area contributed by atoms with E-state index in [1.165, 1.54) is 11.8 Å². The number of carbonyl (C=O) groups is 2. The first-order chi connectivity index (χ1) is 12.8. The van der Waals surface area contributed by atoms with E-state index < -0.39 is 17.5 Å². The second-order valence-corrected chi connectivity index (χ2v) is 5.97. The molecule has 0 saturated heterocycles. The van der Waals surface area contributed by atoms with E-state index >= 15 is 0 Å². The normalized spacial score (nSPS) is 10.4. The Morgan fingerprint density at radius 2 is 1.56 bits per heavy atom. The summed E-state index contributed by atoms with van der Waals surface area (Å²) in [6.45, 7) is 6.90. The summed E-state index contributed by atoms with van der Waals surface area (Å²) in [6, 6.07) is 10.2. The minimum absolute atomic E-state index is 0.137. The quantitative estimate of drug-likeness (QED) is 0.801. The summed E-state index contributed by atoms with van der Waals surface area (Å²) in [4.78, 5) is 27.7. The monoisotopic (exact) mass is 375 g/mol. The third-order valence-electron chi connectivity index (χ3n) is 4.18. The second kappa shape index (κ2) is 9.12. The van der Waals surface area contributed by atoms with Crippen LogP contribution in [0.25, 0.3) is 0 Å². The number of benzene rings is 2. The molecule has 0 aliphatic heterocycles. The van der Waals surface area contributed by atoms with Crippen LogP contribution in [0.2, 0.25) is 0 Å². The molecule has 7 heteroatoms. The van der Waals surface area contributed by atoms with E-state index in [4.69, 9.17) is 0 Å².